The third-order valence-corrected chi connectivity index (χ3v) is 3.94. The van der Waals surface area contributed by atoms with Crippen molar-refractivity contribution in [1.29, 1.82) is 0 Å². The third kappa shape index (κ3) is 3.48. The van der Waals surface area contributed by atoms with Crippen molar-refractivity contribution in [3.05, 3.63) is 0 Å². The predicted octanol–water partition coefficient (Wildman–Crippen LogP) is 2.61. The highest BCUT2D eigenvalue weighted by molar-refractivity contribution is 5.69. The Morgan fingerprint density at radius 3 is 2.62 bits per heavy atom. The molecule has 3 nitrogen and oxygen atoms in total. The zero-order valence-corrected chi connectivity index (χ0v) is 10.8. The molecule has 0 amide bonds. The van der Waals surface area contributed by atoms with Crippen LogP contribution in [0.2, 0.25) is 0 Å². The van der Waals surface area contributed by atoms with Crippen molar-refractivity contribution < 1.29 is 9.90 Å². The first-order valence-corrected chi connectivity index (χ1v) is 6.49. The molecule has 0 bridgehead atoms. The molecule has 94 valence electrons. The quantitative estimate of drug-likeness (QED) is 0.785. The molecule has 0 aromatic carbocycles. The Morgan fingerprint density at radius 1 is 1.44 bits per heavy atom. The van der Waals surface area contributed by atoms with Crippen LogP contribution in [0.25, 0.3) is 0 Å². The maximum Gasteiger partial charge on any atom is 0.307 e. The second-order valence-electron chi connectivity index (χ2n) is 5.20. The van der Waals surface area contributed by atoms with E-state index in [0.29, 0.717) is 12.6 Å². The fourth-order valence-electron chi connectivity index (χ4n) is 2.89. The van der Waals surface area contributed by atoms with Crippen LogP contribution in [0.5, 0.6) is 0 Å². The molecule has 0 aromatic rings. The van der Waals surface area contributed by atoms with E-state index in [2.05, 4.69) is 18.9 Å². The maximum absolute atomic E-state index is 10.8. The molecule has 0 aliphatic heterocycles. The summed E-state index contributed by atoms with van der Waals surface area (Å²) in [6.45, 7) is 4.72. The van der Waals surface area contributed by atoms with Crippen LogP contribution >= 0.6 is 0 Å². The van der Waals surface area contributed by atoms with Crippen LogP contribution < -0.4 is 0 Å². The van der Waals surface area contributed by atoms with Gasteiger partial charge in [-0.1, -0.05) is 33.1 Å². The Bertz CT molecular complexity index is 230. The van der Waals surface area contributed by atoms with Crippen molar-refractivity contribution in [2.45, 2.75) is 52.0 Å². The average molecular weight is 227 g/mol. The zero-order chi connectivity index (χ0) is 12.1. The van der Waals surface area contributed by atoms with Crippen LogP contribution in [0.4, 0.5) is 0 Å². The van der Waals surface area contributed by atoms with E-state index in [1.165, 1.54) is 32.1 Å². The minimum atomic E-state index is -0.685. The van der Waals surface area contributed by atoms with Gasteiger partial charge in [-0.05, 0) is 25.8 Å². The third-order valence-electron chi connectivity index (χ3n) is 3.94. The molecule has 16 heavy (non-hydrogen) atoms. The molecule has 3 atom stereocenters. The fourth-order valence-corrected chi connectivity index (χ4v) is 2.89. The zero-order valence-electron chi connectivity index (χ0n) is 10.8. The van der Waals surface area contributed by atoms with Gasteiger partial charge in [-0.2, -0.15) is 0 Å². The van der Waals surface area contributed by atoms with Gasteiger partial charge >= 0.3 is 5.97 Å². The van der Waals surface area contributed by atoms with Crippen LogP contribution in [0.3, 0.4) is 0 Å². The summed E-state index contributed by atoms with van der Waals surface area (Å²) in [5.41, 5.74) is 0. The molecule has 0 radical (unpaired) electrons. The lowest BCUT2D eigenvalue weighted by molar-refractivity contribution is -0.142. The summed E-state index contributed by atoms with van der Waals surface area (Å²) >= 11 is 0. The van der Waals surface area contributed by atoms with Gasteiger partial charge in [0.1, 0.15) is 0 Å². The number of aliphatic carboxylic acids is 1. The predicted molar refractivity (Wildman–Crippen MR) is 65.5 cm³/mol. The number of rotatable bonds is 5. The minimum Gasteiger partial charge on any atom is -0.481 e. The fraction of sp³-hybridized carbons (Fsp3) is 0.923. The summed E-state index contributed by atoms with van der Waals surface area (Å²) in [7, 11) is 2.08. The Morgan fingerprint density at radius 2 is 2.06 bits per heavy atom. The van der Waals surface area contributed by atoms with E-state index >= 15 is 0 Å². The summed E-state index contributed by atoms with van der Waals surface area (Å²) in [4.78, 5) is 13.1. The van der Waals surface area contributed by atoms with Gasteiger partial charge in [0.05, 0.1) is 5.92 Å². The van der Waals surface area contributed by atoms with Crippen molar-refractivity contribution in [2.24, 2.45) is 11.8 Å². The van der Waals surface area contributed by atoms with Crippen LogP contribution in [0.1, 0.15) is 46.0 Å². The van der Waals surface area contributed by atoms with E-state index in [0.717, 1.165) is 5.92 Å². The number of hydrogen-bond donors (Lipinski definition) is 1. The lowest BCUT2D eigenvalue weighted by atomic mass is 9.82. The van der Waals surface area contributed by atoms with Gasteiger partial charge in [0.25, 0.3) is 0 Å². The Balaban J connectivity index is 2.50. The number of nitrogens with zero attached hydrogens (tertiary/aromatic N) is 1. The van der Waals surface area contributed by atoms with Gasteiger partial charge in [-0.15, -0.1) is 0 Å². The molecule has 0 heterocycles. The minimum absolute atomic E-state index is 0.260. The summed E-state index contributed by atoms with van der Waals surface area (Å²) in [5, 5.41) is 8.93. The highest BCUT2D eigenvalue weighted by atomic mass is 16.4. The van der Waals surface area contributed by atoms with Gasteiger partial charge in [0, 0.05) is 12.6 Å². The highest BCUT2D eigenvalue weighted by Gasteiger charge is 2.28. The average Bonchev–Trinajstić information content (AvgIpc) is 2.28. The van der Waals surface area contributed by atoms with E-state index in [9.17, 15) is 4.79 Å². The van der Waals surface area contributed by atoms with E-state index in [-0.39, 0.29) is 5.92 Å². The number of carboxylic acid groups (broad SMARTS) is 1. The van der Waals surface area contributed by atoms with Gasteiger partial charge in [0.15, 0.2) is 0 Å². The van der Waals surface area contributed by atoms with Crippen molar-refractivity contribution in [3.63, 3.8) is 0 Å². The Kier molecular flexibility index (Phi) is 5.26. The van der Waals surface area contributed by atoms with Gasteiger partial charge in [0.2, 0.25) is 0 Å². The van der Waals surface area contributed by atoms with Crippen LogP contribution in [-0.4, -0.2) is 35.6 Å². The Hall–Kier alpha value is -0.570. The molecular weight excluding hydrogens is 202 g/mol. The first-order chi connectivity index (χ1) is 7.56. The smallest absolute Gasteiger partial charge is 0.307 e. The normalized spacial score (nSPS) is 28.0. The maximum atomic E-state index is 10.8. The summed E-state index contributed by atoms with van der Waals surface area (Å²) in [5.74, 6) is -0.181. The van der Waals surface area contributed by atoms with Crippen molar-refractivity contribution in [1.82, 2.24) is 4.90 Å². The van der Waals surface area contributed by atoms with Crippen molar-refractivity contribution in [3.8, 4) is 0 Å². The molecule has 1 aliphatic rings. The molecule has 0 saturated heterocycles. The highest BCUT2D eigenvalue weighted by Crippen LogP contribution is 2.30. The largest absolute Gasteiger partial charge is 0.481 e. The molecule has 1 aliphatic carbocycles. The Labute approximate surface area is 98.8 Å². The number of carboxylic acids is 1. The summed E-state index contributed by atoms with van der Waals surface area (Å²) < 4.78 is 0. The SMILES string of the molecule is CCC1CCCCC1N(C)CC(C)C(=O)O. The van der Waals surface area contributed by atoms with Crippen LogP contribution in [-0.2, 0) is 4.79 Å². The van der Waals surface area contributed by atoms with Crippen molar-refractivity contribution >= 4 is 5.97 Å². The number of hydrogen-bond acceptors (Lipinski definition) is 2. The standard InChI is InChI=1S/C13H25NO2/c1-4-11-7-5-6-8-12(11)14(3)9-10(2)13(15)16/h10-12H,4-9H2,1-3H3,(H,15,16). The molecule has 1 N–H and O–H groups in total. The molecule has 1 rings (SSSR count). The number of carbonyl (C=O) groups is 1. The van der Waals surface area contributed by atoms with E-state index in [1.54, 1.807) is 6.92 Å². The second kappa shape index (κ2) is 6.24. The first-order valence-electron chi connectivity index (χ1n) is 6.49. The second-order valence-corrected chi connectivity index (χ2v) is 5.20. The molecule has 1 saturated carbocycles. The molecule has 0 spiro atoms. The first kappa shape index (κ1) is 13.5. The van der Waals surface area contributed by atoms with E-state index in [1.807, 2.05) is 0 Å². The molecule has 3 unspecified atom stereocenters. The van der Waals surface area contributed by atoms with Gasteiger partial charge < -0.3 is 10.0 Å². The lowest BCUT2D eigenvalue weighted by Crippen LogP contribution is -2.42. The van der Waals surface area contributed by atoms with Crippen LogP contribution in [0, 0.1) is 11.8 Å². The van der Waals surface area contributed by atoms with Crippen LogP contribution in [0.15, 0.2) is 0 Å². The molecule has 1 fully saturated rings. The van der Waals surface area contributed by atoms with Gasteiger partial charge in [-0.3, -0.25) is 4.79 Å². The molecule has 3 heteroatoms. The summed E-state index contributed by atoms with van der Waals surface area (Å²) in [6.07, 6.45) is 6.41. The molecular formula is C13H25NO2. The van der Waals surface area contributed by atoms with E-state index in [4.69, 9.17) is 5.11 Å². The molecule has 0 aromatic heterocycles. The lowest BCUT2D eigenvalue weighted by Gasteiger charge is -2.38. The van der Waals surface area contributed by atoms with E-state index < -0.39 is 5.97 Å². The van der Waals surface area contributed by atoms with Crippen molar-refractivity contribution in [2.75, 3.05) is 13.6 Å². The van der Waals surface area contributed by atoms with Gasteiger partial charge in [-0.25, -0.2) is 0 Å². The summed E-state index contributed by atoms with van der Waals surface area (Å²) in [6, 6.07) is 0.598. The monoisotopic (exact) mass is 227 g/mol. The topological polar surface area (TPSA) is 40.5 Å².